The zero-order valence-electron chi connectivity index (χ0n) is 11.3. The minimum absolute atomic E-state index is 0.363. The van der Waals surface area contributed by atoms with Crippen molar-refractivity contribution in [3.05, 3.63) is 42.5 Å². The van der Waals surface area contributed by atoms with Gasteiger partial charge in [-0.15, -0.1) is 6.58 Å². The smallest absolute Gasteiger partial charge is 0.119 e. The lowest BCUT2D eigenvalue weighted by Crippen LogP contribution is -1.98. The Bertz CT molecular complexity index is 329. The van der Waals surface area contributed by atoms with Gasteiger partial charge >= 0.3 is 0 Å². The maximum Gasteiger partial charge on any atom is 0.119 e. The van der Waals surface area contributed by atoms with Crippen LogP contribution in [0.15, 0.2) is 36.9 Å². The molecule has 1 aromatic rings. The molecule has 0 spiro atoms. The molecule has 0 radical (unpaired) electrons. The molecule has 2 nitrogen and oxygen atoms in total. The number of benzene rings is 1. The van der Waals surface area contributed by atoms with Crippen LogP contribution in [0, 0.1) is 0 Å². The highest BCUT2D eigenvalue weighted by molar-refractivity contribution is 5.28. The number of hydrogen-bond acceptors (Lipinski definition) is 2. The highest BCUT2D eigenvalue weighted by Crippen LogP contribution is 2.20. The van der Waals surface area contributed by atoms with Gasteiger partial charge in [0.1, 0.15) is 5.75 Å². The predicted octanol–water partition coefficient (Wildman–Crippen LogP) is 4.26. The lowest BCUT2D eigenvalue weighted by molar-refractivity contribution is 0.173. The van der Waals surface area contributed by atoms with Crippen molar-refractivity contribution in [1.82, 2.24) is 0 Å². The van der Waals surface area contributed by atoms with E-state index in [0.717, 1.165) is 37.2 Å². The summed E-state index contributed by atoms with van der Waals surface area (Å²) in [4.78, 5) is 0. The summed E-state index contributed by atoms with van der Waals surface area (Å²) in [5.41, 5.74) is 0.954. The average molecular weight is 248 g/mol. The number of allylic oxidation sites excluding steroid dienone is 1. The summed E-state index contributed by atoms with van der Waals surface area (Å²) in [5, 5.41) is 9.67. The largest absolute Gasteiger partial charge is 0.494 e. The average Bonchev–Trinajstić information content (AvgIpc) is 2.42. The van der Waals surface area contributed by atoms with E-state index in [-0.39, 0.29) is 6.10 Å². The molecule has 0 aliphatic carbocycles. The molecule has 0 heterocycles. The lowest BCUT2D eigenvalue weighted by Gasteiger charge is -2.10. The van der Waals surface area contributed by atoms with E-state index >= 15 is 0 Å². The Hall–Kier alpha value is -1.28. The van der Waals surface area contributed by atoms with Gasteiger partial charge in [0.2, 0.25) is 0 Å². The van der Waals surface area contributed by atoms with Crippen LogP contribution in [-0.2, 0) is 0 Å². The Kier molecular flexibility index (Phi) is 7.19. The van der Waals surface area contributed by atoms with Crippen molar-refractivity contribution in [1.29, 1.82) is 0 Å². The van der Waals surface area contributed by atoms with Crippen LogP contribution in [0.25, 0.3) is 0 Å². The van der Waals surface area contributed by atoms with Crippen molar-refractivity contribution in [2.45, 2.75) is 45.1 Å². The third-order valence-electron chi connectivity index (χ3n) is 2.97. The molecule has 100 valence electrons. The van der Waals surface area contributed by atoms with Gasteiger partial charge in [0.05, 0.1) is 12.7 Å². The van der Waals surface area contributed by atoms with E-state index in [2.05, 4.69) is 6.58 Å². The van der Waals surface area contributed by atoms with Crippen molar-refractivity contribution in [2.75, 3.05) is 6.61 Å². The molecule has 1 aromatic carbocycles. The van der Waals surface area contributed by atoms with Gasteiger partial charge in [0.25, 0.3) is 0 Å². The molecule has 18 heavy (non-hydrogen) atoms. The van der Waals surface area contributed by atoms with Crippen LogP contribution >= 0.6 is 0 Å². The Morgan fingerprint density at radius 3 is 2.56 bits per heavy atom. The molecule has 0 saturated heterocycles. The maximum absolute atomic E-state index is 9.67. The number of ether oxygens (including phenoxy) is 1. The van der Waals surface area contributed by atoms with E-state index in [1.54, 1.807) is 0 Å². The summed E-state index contributed by atoms with van der Waals surface area (Å²) >= 11 is 0. The first-order valence-corrected chi connectivity index (χ1v) is 6.79. The molecule has 0 amide bonds. The standard InChI is InChI=1S/C16H24O2/c1-3-5-6-7-8-13-18-15-11-9-14(10-12-15)16(17)4-2/h3,9-12,16-17H,1,4-8,13H2,2H3/t16-/m0/s1. The van der Waals surface area contributed by atoms with Gasteiger partial charge in [-0.25, -0.2) is 0 Å². The molecular formula is C16H24O2. The summed E-state index contributed by atoms with van der Waals surface area (Å²) < 4.78 is 5.65. The Labute approximate surface area is 110 Å². The van der Waals surface area contributed by atoms with Gasteiger partial charge in [0.15, 0.2) is 0 Å². The van der Waals surface area contributed by atoms with Gasteiger partial charge in [-0.3, -0.25) is 0 Å². The van der Waals surface area contributed by atoms with Crippen molar-refractivity contribution in [3.8, 4) is 5.75 Å². The summed E-state index contributed by atoms with van der Waals surface area (Å²) in [7, 11) is 0. The molecule has 0 bridgehead atoms. The number of unbranched alkanes of at least 4 members (excludes halogenated alkanes) is 3. The van der Waals surface area contributed by atoms with Crippen LogP contribution in [0.3, 0.4) is 0 Å². The van der Waals surface area contributed by atoms with Gasteiger partial charge in [0, 0.05) is 0 Å². The molecule has 1 N–H and O–H groups in total. The molecule has 1 atom stereocenters. The number of hydrogen-bond donors (Lipinski definition) is 1. The fourth-order valence-electron chi connectivity index (χ4n) is 1.78. The third kappa shape index (κ3) is 5.37. The van der Waals surface area contributed by atoms with Crippen molar-refractivity contribution in [2.24, 2.45) is 0 Å². The van der Waals surface area contributed by atoms with Crippen molar-refractivity contribution in [3.63, 3.8) is 0 Å². The molecule has 0 aliphatic rings. The summed E-state index contributed by atoms with van der Waals surface area (Å²) in [6.07, 6.45) is 6.87. The van der Waals surface area contributed by atoms with E-state index in [9.17, 15) is 5.11 Å². The molecule has 0 saturated carbocycles. The van der Waals surface area contributed by atoms with Crippen LogP contribution < -0.4 is 4.74 Å². The van der Waals surface area contributed by atoms with E-state index < -0.39 is 0 Å². The van der Waals surface area contributed by atoms with Gasteiger partial charge in [-0.2, -0.15) is 0 Å². The predicted molar refractivity (Wildman–Crippen MR) is 75.9 cm³/mol. The van der Waals surface area contributed by atoms with Gasteiger partial charge in [-0.1, -0.05) is 25.1 Å². The Morgan fingerprint density at radius 1 is 1.22 bits per heavy atom. The van der Waals surface area contributed by atoms with E-state index in [1.807, 2.05) is 37.3 Å². The van der Waals surface area contributed by atoms with Crippen molar-refractivity contribution >= 4 is 0 Å². The monoisotopic (exact) mass is 248 g/mol. The molecule has 2 heteroatoms. The summed E-state index contributed by atoms with van der Waals surface area (Å²) in [6, 6.07) is 7.72. The molecule has 0 unspecified atom stereocenters. The topological polar surface area (TPSA) is 29.5 Å². The highest BCUT2D eigenvalue weighted by Gasteiger charge is 2.04. The second-order valence-electron chi connectivity index (χ2n) is 4.48. The van der Waals surface area contributed by atoms with Crippen LogP contribution in [0.5, 0.6) is 5.75 Å². The van der Waals surface area contributed by atoms with Crippen LogP contribution in [0.2, 0.25) is 0 Å². The zero-order valence-corrected chi connectivity index (χ0v) is 11.3. The minimum atomic E-state index is -0.363. The van der Waals surface area contributed by atoms with Crippen LogP contribution in [-0.4, -0.2) is 11.7 Å². The van der Waals surface area contributed by atoms with Crippen LogP contribution in [0.4, 0.5) is 0 Å². The summed E-state index contributed by atoms with van der Waals surface area (Å²) in [5.74, 6) is 0.880. The minimum Gasteiger partial charge on any atom is -0.494 e. The van der Waals surface area contributed by atoms with Gasteiger partial charge < -0.3 is 9.84 Å². The summed E-state index contributed by atoms with van der Waals surface area (Å²) in [6.45, 7) is 6.43. The third-order valence-corrected chi connectivity index (χ3v) is 2.97. The SMILES string of the molecule is C=CCCCCCOc1ccc([C@@H](O)CC)cc1. The fraction of sp³-hybridized carbons (Fsp3) is 0.500. The highest BCUT2D eigenvalue weighted by atomic mass is 16.5. The fourth-order valence-corrected chi connectivity index (χ4v) is 1.78. The van der Waals surface area contributed by atoms with Crippen molar-refractivity contribution < 1.29 is 9.84 Å². The Balaban J connectivity index is 2.24. The number of aliphatic hydroxyl groups excluding tert-OH is 1. The number of aliphatic hydroxyl groups is 1. The normalized spacial score (nSPS) is 12.1. The first-order chi connectivity index (χ1) is 8.77. The molecule has 0 aliphatic heterocycles. The molecule has 0 fully saturated rings. The second-order valence-corrected chi connectivity index (χ2v) is 4.48. The van der Waals surface area contributed by atoms with E-state index in [1.165, 1.54) is 12.8 Å². The molecule has 0 aromatic heterocycles. The second kappa shape index (κ2) is 8.76. The van der Waals surface area contributed by atoms with E-state index in [4.69, 9.17) is 4.74 Å². The lowest BCUT2D eigenvalue weighted by atomic mass is 10.1. The first-order valence-electron chi connectivity index (χ1n) is 6.79. The maximum atomic E-state index is 9.67. The Morgan fingerprint density at radius 2 is 1.94 bits per heavy atom. The number of rotatable bonds is 9. The van der Waals surface area contributed by atoms with Gasteiger partial charge in [-0.05, 0) is 49.8 Å². The first kappa shape index (κ1) is 14.8. The molecular weight excluding hydrogens is 224 g/mol. The molecule has 1 rings (SSSR count). The van der Waals surface area contributed by atoms with E-state index in [0.29, 0.717) is 0 Å². The quantitative estimate of drug-likeness (QED) is 0.523. The zero-order chi connectivity index (χ0) is 13.2. The van der Waals surface area contributed by atoms with Crippen LogP contribution in [0.1, 0.15) is 50.7 Å².